The van der Waals surface area contributed by atoms with Crippen molar-refractivity contribution < 1.29 is 19.1 Å². The van der Waals surface area contributed by atoms with Gasteiger partial charge < -0.3 is 19.3 Å². The summed E-state index contributed by atoms with van der Waals surface area (Å²) in [6.07, 6.45) is 8.92. The van der Waals surface area contributed by atoms with Gasteiger partial charge in [-0.25, -0.2) is 0 Å². The first-order valence-electron chi connectivity index (χ1n) is 10.1. The smallest absolute Gasteiger partial charge is 0.246 e. The summed E-state index contributed by atoms with van der Waals surface area (Å²) in [6.45, 7) is 2.41. The van der Waals surface area contributed by atoms with Crippen LogP contribution in [0.5, 0.6) is 11.5 Å². The third-order valence-electron chi connectivity index (χ3n) is 5.70. The molecule has 1 aliphatic carbocycles. The van der Waals surface area contributed by atoms with Crippen molar-refractivity contribution in [1.82, 2.24) is 9.80 Å². The summed E-state index contributed by atoms with van der Waals surface area (Å²) in [4.78, 5) is 29.0. The zero-order chi connectivity index (χ0) is 19.9. The van der Waals surface area contributed by atoms with Gasteiger partial charge in [-0.2, -0.15) is 0 Å². The van der Waals surface area contributed by atoms with Crippen molar-refractivity contribution in [3.05, 3.63) is 29.8 Å². The van der Waals surface area contributed by atoms with Crippen LogP contribution in [-0.2, 0) is 9.59 Å². The van der Waals surface area contributed by atoms with Gasteiger partial charge in [0.15, 0.2) is 11.5 Å². The molecule has 152 valence electrons. The van der Waals surface area contributed by atoms with E-state index in [1.165, 1.54) is 6.42 Å². The lowest BCUT2D eigenvalue weighted by Gasteiger charge is -2.36. The number of hydrogen-bond acceptors (Lipinski definition) is 4. The van der Waals surface area contributed by atoms with Crippen molar-refractivity contribution in [1.29, 1.82) is 0 Å². The monoisotopic (exact) mass is 386 g/mol. The molecule has 1 aromatic carbocycles. The number of hydrogen-bond donors (Lipinski definition) is 0. The summed E-state index contributed by atoms with van der Waals surface area (Å²) in [7, 11) is 3.17. The van der Waals surface area contributed by atoms with Crippen molar-refractivity contribution in [2.75, 3.05) is 40.4 Å². The van der Waals surface area contributed by atoms with Gasteiger partial charge in [-0.05, 0) is 25.0 Å². The first-order chi connectivity index (χ1) is 13.6. The molecule has 1 heterocycles. The lowest BCUT2D eigenvalue weighted by atomic mass is 9.88. The zero-order valence-corrected chi connectivity index (χ0v) is 16.9. The number of amides is 2. The minimum atomic E-state index is -0.0466. The van der Waals surface area contributed by atoms with E-state index in [9.17, 15) is 9.59 Å². The van der Waals surface area contributed by atoms with Crippen LogP contribution in [0.1, 0.15) is 37.7 Å². The van der Waals surface area contributed by atoms with E-state index in [0.717, 1.165) is 31.2 Å². The van der Waals surface area contributed by atoms with E-state index in [0.29, 0.717) is 37.7 Å². The first kappa shape index (κ1) is 20.2. The summed E-state index contributed by atoms with van der Waals surface area (Å²) in [5, 5.41) is 0. The Morgan fingerprint density at radius 1 is 0.964 bits per heavy atom. The van der Waals surface area contributed by atoms with Crippen molar-refractivity contribution in [2.45, 2.75) is 32.1 Å². The van der Waals surface area contributed by atoms with E-state index in [-0.39, 0.29) is 17.7 Å². The Balaban J connectivity index is 1.55. The fourth-order valence-electron chi connectivity index (χ4n) is 4.06. The van der Waals surface area contributed by atoms with Gasteiger partial charge in [-0.1, -0.05) is 31.4 Å². The van der Waals surface area contributed by atoms with E-state index in [1.807, 2.05) is 23.1 Å². The van der Waals surface area contributed by atoms with Gasteiger partial charge >= 0.3 is 0 Å². The van der Waals surface area contributed by atoms with Crippen LogP contribution in [0.4, 0.5) is 0 Å². The number of para-hydroxylation sites is 1. The second kappa shape index (κ2) is 9.62. The Kier molecular flexibility index (Phi) is 6.95. The van der Waals surface area contributed by atoms with Gasteiger partial charge in [-0.3, -0.25) is 9.59 Å². The molecule has 3 rings (SSSR count). The fraction of sp³-hybridized carbons (Fsp3) is 0.545. The lowest BCUT2D eigenvalue weighted by molar-refractivity contribution is -0.141. The highest BCUT2D eigenvalue weighted by molar-refractivity contribution is 5.92. The molecule has 28 heavy (non-hydrogen) atoms. The van der Waals surface area contributed by atoms with Gasteiger partial charge in [0.1, 0.15) is 0 Å². The number of benzene rings is 1. The lowest BCUT2D eigenvalue weighted by Crippen LogP contribution is -2.51. The molecule has 2 aliphatic rings. The molecule has 1 aliphatic heterocycles. The number of methoxy groups -OCH3 is 2. The van der Waals surface area contributed by atoms with E-state index in [4.69, 9.17) is 9.47 Å². The summed E-state index contributed by atoms with van der Waals surface area (Å²) in [6, 6.07) is 5.56. The SMILES string of the molecule is COc1cccc(/C=C/C(=O)N2CCN(C(=O)C3CCCCC3)CC2)c1OC. The summed E-state index contributed by atoms with van der Waals surface area (Å²) in [5.41, 5.74) is 0.793. The molecule has 6 nitrogen and oxygen atoms in total. The van der Waals surface area contributed by atoms with Crippen molar-refractivity contribution in [2.24, 2.45) is 5.92 Å². The maximum Gasteiger partial charge on any atom is 0.246 e. The van der Waals surface area contributed by atoms with Gasteiger partial charge in [-0.15, -0.1) is 0 Å². The van der Waals surface area contributed by atoms with Crippen LogP contribution in [0.2, 0.25) is 0 Å². The molecular formula is C22H30N2O4. The highest BCUT2D eigenvalue weighted by Crippen LogP contribution is 2.31. The average Bonchev–Trinajstić information content (AvgIpc) is 2.77. The Labute approximate surface area is 167 Å². The maximum atomic E-state index is 12.7. The summed E-state index contributed by atoms with van der Waals surface area (Å²) < 4.78 is 10.7. The molecule has 0 N–H and O–H groups in total. The Hall–Kier alpha value is -2.50. The van der Waals surface area contributed by atoms with Gasteiger partial charge in [0.25, 0.3) is 0 Å². The number of carbonyl (C=O) groups excluding carboxylic acids is 2. The predicted octanol–water partition coefficient (Wildman–Crippen LogP) is 2.97. The summed E-state index contributed by atoms with van der Waals surface area (Å²) >= 11 is 0. The van der Waals surface area contributed by atoms with Crippen LogP contribution >= 0.6 is 0 Å². The molecule has 0 spiro atoms. The molecule has 1 saturated carbocycles. The zero-order valence-electron chi connectivity index (χ0n) is 16.9. The number of ether oxygens (including phenoxy) is 2. The fourth-order valence-corrected chi connectivity index (χ4v) is 4.06. The molecule has 0 atom stereocenters. The molecule has 1 saturated heterocycles. The van der Waals surface area contributed by atoms with Gasteiger partial charge in [0.2, 0.25) is 11.8 Å². The summed E-state index contributed by atoms with van der Waals surface area (Å²) in [5.74, 6) is 1.67. The van der Waals surface area contributed by atoms with Crippen molar-refractivity contribution in [3.63, 3.8) is 0 Å². The van der Waals surface area contributed by atoms with Crippen LogP contribution < -0.4 is 9.47 Å². The molecule has 0 aromatic heterocycles. The molecule has 2 amide bonds. The highest BCUT2D eigenvalue weighted by Gasteiger charge is 2.29. The molecule has 2 fully saturated rings. The van der Waals surface area contributed by atoms with Crippen LogP contribution in [0.15, 0.2) is 24.3 Å². The topological polar surface area (TPSA) is 59.1 Å². The Bertz CT molecular complexity index is 717. The predicted molar refractivity (Wildman–Crippen MR) is 108 cm³/mol. The molecule has 0 radical (unpaired) electrons. The second-order valence-corrected chi connectivity index (χ2v) is 7.40. The third-order valence-corrected chi connectivity index (χ3v) is 5.70. The quantitative estimate of drug-likeness (QED) is 0.730. The first-order valence-corrected chi connectivity index (χ1v) is 10.1. The Morgan fingerprint density at radius 3 is 2.29 bits per heavy atom. The third kappa shape index (κ3) is 4.66. The highest BCUT2D eigenvalue weighted by atomic mass is 16.5. The van der Waals surface area contributed by atoms with Crippen molar-refractivity contribution >= 4 is 17.9 Å². The molecule has 1 aromatic rings. The number of piperazine rings is 1. The van der Waals surface area contributed by atoms with Gasteiger partial charge in [0, 0.05) is 43.7 Å². The second-order valence-electron chi connectivity index (χ2n) is 7.40. The van der Waals surface area contributed by atoms with E-state index in [2.05, 4.69) is 0 Å². The van der Waals surface area contributed by atoms with E-state index < -0.39 is 0 Å². The van der Waals surface area contributed by atoms with Crippen molar-refractivity contribution in [3.8, 4) is 11.5 Å². The Morgan fingerprint density at radius 2 is 1.64 bits per heavy atom. The minimum absolute atomic E-state index is 0.0466. The molecule has 6 heteroatoms. The molecule has 0 unspecified atom stereocenters. The molecule has 0 bridgehead atoms. The standard InChI is InChI=1S/C22H30N2O4/c1-27-19-10-6-9-17(21(19)28-2)11-12-20(25)23-13-15-24(16-14-23)22(26)18-7-4-3-5-8-18/h6,9-12,18H,3-5,7-8,13-16H2,1-2H3/b12-11+. The molecular weight excluding hydrogens is 356 g/mol. The average molecular weight is 386 g/mol. The minimum Gasteiger partial charge on any atom is -0.493 e. The van der Waals surface area contributed by atoms with E-state index in [1.54, 1.807) is 31.3 Å². The van der Waals surface area contributed by atoms with Gasteiger partial charge in [0.05, 0.1) is 14.2 Å². The van der Waals surface area contributed by atoms with Crippen LogP contribution in [0.3, 0.4) is 0 Å². The largest absolute Gasteiger partial charge is 0.493 e. The normalized spacial score (nSPS) is 18.4. The van der Waals surface area contributed by atoms with Crippen LogP contribution in [0, 0.1) is 5.92 Å². The number of nitrogens with zero attached hydrogens (tertiary/aromatic N) is 2. The van der Waals surface area contributed by atoms with Crippen LogP contribution in [0.25, 0.3) is 6.08 Å². The van der Waals surface area contributed by atoms with Crippen LogP contribution in [-0.4, -0.2) is 62.0 Å². The maximum absolute atomic E-state index is 12.7. The number of carbonyl (C=O) groups is 2. The van der Waals surface area contributed by atoms with E-state index >= 15 is 0 Å². The number of rotatable bonds is 5.